The molecule has 0 aliphatic carbocycles. The first-order valence-electron chi connectivity index (χ1n) is 8.38. The predicted molar refractivity (Wildman–Crippen MR) is 107 cm³/mol. The highest BCUT2D eigenvalue weighted by Crippen LogP contribution is 2.37. The molecule has 0 aliphatic rings. The van der Waals surface area contributed by atoms with E-state index in [9.17, 15) is 4.79 Å². The number of amides is 1. The molecular formula is C21H17N3O3. The number of nitrogens with zero attached hydrogens (tertiary/aromatic N) is 1. The number of carbonyl (C=O) groups is 1. The molecule has 6 nitrogen and oxygen atoms in total. The largest absolute Gasteiger partial charge is 0.495 e. The lowest BCUT2D eigenvalue weighted by atomic mass is 10.1. The number of fused-ring (bicyclic) bond motifs is 2. The Kier molecular flexibility index (Phi) is 4.22. The molecule has 0 fully saturated rings. The summed E-state index contributed by atoms with van der Waals surface area (Å²) >= 11 is 0. The van der Waals surface area contributed by atoms with E-state index in [1.165, 1.54) is 0 Å². The first kappa shape index (κ1) is 16.7. The van der Waals surface area contributed by atoms with Crippen molar-refractivity contribution in [1.82, 2.24) is 4.98 Å². The molecule has 0 saturated heterocycles. The molecule has 0 unspecified atom stereocenters. The van der Waals surface area contributed by atoms with Crippen LogP contribution in [0.2, 0.25) is 0 Å². The van der Waals surface area contributed by atoms with Crippen LogP contribution in [0.4, 0.5) is 21.9 Å². The Morgan fingerprint density at radius 3 is 2.19 bits per heavy atom. The van der Waals surface area contributed by atoms with Crippen LogP contribution < -0.4 is 15.4 Å². The van der Waals surface area contributed by atoms with Gasteiger partial charge in [0.1, 0.15) is 5.75 Å². The maximum absolute atomic E-state index is 11.0. The smallest absolute Gasteiger partial charge is 0.409 e. The van der Waals surface area contributed by atoms with E-state index < -0.39 is 6.09 Å². The van der Waals surface area contributed by atoms with Crippen molar-refractivity contribution in [2.75, 3.05) is 17.7 Å². The highest BCUT2D eigenvalue weighted by Gasteiger charge is 2.12. The fourth-order valence-corrected chi connectivity index (χ4v) is 3.12. The number of hydrogen-bond acceptors (Lipinski definition) is 4. The van der Waals surface area contributed by atoms with Crippen LogP contribution in [0.5, 0.6) is 5.75 Å². The first-order valence-corrected chi connectivity index (χ1v) is 8.38. The summed E-state index contributed by atoms with van der Waals surface area (Å²) in [5.41, 5.74) is 3.75. The number of carboxylic acid groups (broad SMARTS) is 1. The maximum Gasteiger partial charge on any atom is 0.409 e. The lowest BCUT2D eigenvalue weighted by Crippen LogP contribution is -2.07. The Balaban J connectivity index is 1.91. The molecule has 4 rings (SSSR count). The van der Waals surface area contributed by atoms with Crippen molar-refractivity contribution in [3.8, 4) is 5.75 Å². The zero-order valence-electron chi connectivity index (χ0n) is 14.6. The van der Waals surface area contributed by atoms with Crippen LogP contribution in [-0.2, 0) is 0 Å². The molecule has 0 aliphatic heterocycles. The molecule has 1 aromatic heterocycles. The van der Waals surface area contributed by atoms with Crippen molar-refractivity contribution < 1.29 is 14.6 Å². The number of para-hydroxylation sites is 2. The summed E-state index contributed by atoms with van der Waals surface area (Å²) in [6.45, 7) is 0. The summed E-state index contributed by atoms with van der Waals surface area (Å²) in [5.74, 6) is 0.607. The Morgan fingerprint density at radius 2 is 1.59 bits per heavy atom. The second kappa shape index (κ2) is 6.84. The van der Waals surface area contributed by atoms with Gasteiger partial charge in [0.25, 0.3) is 0 Å². The van der Waals surface area contributed by atoms with Gasteiger partial charge in [0.05, 0.1) is 29.5 Å². The van der Waals surface area contributed by atoms with Gasteiger partial charge in [-0.1, -0.05) is 36.4 Å². The van der Waals surface area contributed by atoms with Gasteiger partial charge in [-0.25, -0.2) is 9.78 Å². The second-order valence-corrected chi connectivity index (χ2v) is 5.99. The number of rotatable bonds is 4. The average molecular weight is 359 g/mol. The number of ether oxygens (including phenoxy) is 1. The van der Waals surface area contributed by atoms with Gasteiger partial charge >= 0.3 is 6.09 Å². The molecule has 3 aromatic carbocycles. The van der Waals surface area contributed by atoms with Crippen molar-refractivity contribution in [1.29, 1.82) is 0 Å². The van der Waals surface area contributed by atoms with Crippen LogP contribution in [0.25, 0.3) is 21.8 Å². The van der Waals surface area contributed by atoms with E-state index in [0.717, 1.165) is 27.5 Å². The van der Waals surface area contributed by atoms with Gasteiger partial charge in [-0.2, -0.15) is 0 Å². The Labute approximate surface area is 155 Å². The molecule has 0 spiro atoms. The minimum Gasteiger partial charge on any atom is -0.495 e. The van der Waals surface area contributed by atoms with E-state index in [0.29, 0.717) is 17.1 Å². The molecule has 0 radical (unpaired) electrons. The number of anilines is 3. The van der Waals surface area contributed by atoms with Gasteiger partial charge in [0.2, 0.25) is 0 Å². The molecule has 6 heteroatoms. The molecule has 4 aromatic rings. The minimum atomic E-state index is -1.12. The Hall–Kier alpha value is -3.80. The fourth-order valence-electron chi connectivity index (χ4n) is 3.12. The number of aromatic nitrogens is 1. The first-order chi connectivity index (χ1) is 13.2. The number of nitrogens with one attached hydrogen (secondary N) is 2. The molecule has 3 N–H and O–H groups in total. The van der Waals surface area contributed by atoms with E-state index in [1.807, 2.05) is 48.5 Å². The van der Waals surface area contributed by atoms with E-state index in [4.69, 9.17) is 14.8 Å². The third kappa shape index (κ3) is 3.20. The fraction of sp³-hybridized carbons (Fsp3) is 0.0476. The minimum absolute atomic E-state index is 0.452. The molecule has 0 bridgehead atoms. The van der Waals surface area contributed by atoms with Crippen LogP contribution >= 0.6 is 0 Å². The zero-order valence-corrected chi connectivity index (χ0v) is 14.6. The topological polar surface area (TPSA) is 83.5 Å². The lowest BCUT2D eigenvalue weighted by molar-refractivity contribution is 0.209. The summed E-state index contributed by atoms with van der Waals surface area (Å²) < 4.78 is 5.45. The van der Waals surface area contributed by atoms with E-state index in [1.54, 1.807) is 25.3 Å². The standard InChI is InChI=1S/C21H17N3O3/c1-27-19-11-10-13(22-21(25)26)12-18(19)24-20-14-6-2-4-8-16(14)23-17-9-5-3-7-15(17)20/h2-12,22H,1H3,(H,23,24)(H,25,26). The van der Waals surface area contributed by atoms with Crippen LogP contribution in [0.1, 0.15) is 0 Å². The van der Waals surface area contributed by atoms with Crippen molar-refractivity contribution in [2.24, 2.45) is 0 Å². The molecule has 1 amide bonds. The van der Waals surface area contributed by atoms with Gasteiger partial charge in [0, 0.05) is 16.5 Å². The predicted octanol–water partition coefficient (Wildman–Crippen LogP) is 5.23. The lowest BCUT2D eigenvalue weighted by Gasteiger charge is -2.16. The molecule has 134 valence electrons. The molecule has 27 heavy (non-hydrogen) atoms. The van der Waals surface area contributed by atoms with Crippen LogP contribution in [0, 0.1) is 0 Å². The third-order valence-electron chi connectivity index (χ3n) is 4.30. The highest BCUT2D eigenvalue weighted by molar-refractivity contribution is 6.09. The normalized spacial score (nSPS) is 10.7. The summed E-state index contributed by atoms with van der Waals surface area (Å²) in [6, 6.07) is 20.8. The second-order valence-electron chi connectivity index (χ2n) is 5.99. The summed E-state index contributed by atoms with van der Waals surface area (Å²) in [5, 5.41) is 16.7. The summed E-state index contributed by atoms with van der Waals surface area (Å²) in [7, 11) is 1.58. The third-order valence-corrected chi connectivity index (χ3v) is 4.30. The average Bonchev–Trinajstić information content (AvgIpc) is 2.67. The number of pyridine rings is 1. The Bertz CT molecular complexity index is 1100. The van der Waals surface area contributed by atoms with Crippen LogP contribution in [0.15, 0.2) is 66.7 Å². The molecule has 0 saturated carbocycles. The van der Waals surface area contributed by atoms with Gasteiger partial charge in [-0.3, -0.25) is 5.32 Å². The van der Waals surface area contributed by atoms with Crippen LogP contribution in [0.3, 0.4) is 0 Å². The van der Waals surface area contributed by atoms with Crippen molar-refractivity contribution in [2.45, 2.75) is 0 Å². The number of benzene rings is 3. The van der Waals surface area contributed by atoms with E-state index in [-0.39, 0.29) is 0 Å². The monoisotopic (exact) mass is 359 g/mol. The van der Waals surface area contributed by atoms with Crippen LogP contribution in [-0.4, -0.2) is 23.3 Å². The molecule has 1 heterocycles. The number of hydrogen-bond donors (Lipinski definition) is 3. The van der Waals surface area contributed by atoms with Gasteiger partial charge < -0.3 is 15.2 Å². The summed E-state index contributed by atoms with van der Waals surface area (Å²) in [6.07, 6.45) is -1.12. The quantitative estimate of drug-likeness (QED) is 0.435. The van der Waals surface area contributed by atoms with Crippen molar-refractivity contribution >= 4 is 45.0 Å². The van der Waals surface area contributed by atoms with Crippen molar-refractivity contribution in [3.05, 3.63) is 66.7 Å². The molecule has 0 atom stereocenters. The molecular weight excluding hydrogens is 342 g/mol. The van der Waals surface area contributed by atoms with Gasteiger partial charge in [0.15, 0.2) is 0 Å². The zero-order chi connectivity index (χ0) is 18.8. The van der Waals surface area contributed by atoms with Crippen molar-refractivity contribution in [3.63, 3.8) is 0 Å². The summed E-state index contributed by atoms with van der Waals surface area (Å²) in [4.78, 5) is 15.7. The van der Waals surface area contributed by atoms with Gasteiger partial charge in [-0.15, -0.1) is 0 Å². The van der Waals surface area contributed by atoms with E-state index >= 15 is 0 Å². The van der Waals surface area contributed by atoms with E-state index in [2.05, 4.69) is 10.6 Å². The number of methoxy groups -OCH3 is 1. The van der Waals surface area contributed by atoms with Gasteiger partial charge in [-0.05, 0) is 30.3 Å². The highest BCUT2D eigenvalue weighted by atomic mass is 16.5. The SMILES string of the molecule is COc1ccc(NC(=O)O)cc1Nc1c2ccccc2nc2ccccc12. The Morgan fingerprint density at radius 1 is 0.963 bits per heavy atom. The maximum atomic E-state index is 11.0.